The Morgan fingerprint density at radius 3 is 1.64 bits per heavy atom. The lowest BCUT2D eigenvalue weighted by atomic mass is 9.92. The van der Waals surface area contributed by atoms with Gasteiger partial charge in [0.05, 0.1) is 62.4 Å². The van der Waals surface area contributed by atoms with E-state index in [2.05, 4.69) is 15.3 Å². The molecule has 0 aliphatic carbocycles. The second-order valence-corrected chi connectivity index (χ2v) is 25.9. The Bertz CT molecular complexity index is 4360. The quantitative estimate of drug-likeness (QED) is 0.0183. The molecule has 27 heteroatoms. The average Bonchev–Trinajstić information content (AvgIpc) is 1.65. The van der Waals surface area contributed by atoms with Crippen molar-refractivity contribution in [1.29, 1.82) is 0 Å². The van der Waals surface area contributed by atoms with E-state index in [0.717, 1.165) is 15.4 Å². The molecule has 1 N–H and O–H groups in total. The Labute approximate surface area is 607 Å². The fourth-order valence-corrected chi connectivity index (χ4v) is 14.4. The summed E-state index contributed by atoms with van der Waals surface area (Å²) >= 11 is 7.20. The highest BCUT2D eigenvalue weighted by molar-refractivity contribution is 6.22. The SMILES string of the molecule is COc1ccc(OC[C@H]2O[C@@H](N=[N+]=[N-])[C@H](N3C(=O)c4ccccc4C3=O)[C@@H](OCc3ccccc3)[C@@H]2O[C@@H]2O[C@H](COCc3ccccc3)[C@@H](OC3(CCl)O[C@H]4O[C@@H]5CO[C@@H](c6ccccc6)O[C@H]5[C@H](OC(=O)Nc5ccccc5)[C@H]4O3)[C@H](OCc3ccccc3)[C@H]2N2C(=O)c3ccccc3C2=O)cc1. The summed E-state index contributed by atoms with van der Waals surface area (Å²) in [5.74, 6) is -5.31. The molecule has 15 rings (SSSR count). The third-order valence-electron chi connectivity index (χ3n) is 19.1. The van der Waals surface area contributed by atoms with E-state index >= 15 is 19.2 Å². The minimum Gasteiger partial charge on any atom is -0.497 e. The van der Waals surface area contributed by atoms with Crippen molar-refractivity contribution in [2.45, 2.75) is 124 Å². The van der Waals surface area contributed by atoms with Crippen molar-refractivity contribution in [3.8, 4) is 11.5 Å². The van der Waals surface area contributed by atoms with Gasteiger partial charge in [-0.3, -0.25) is 39.0 Å². The van der Waals surface area contributed by atoms with Crippen LogP contribution in [0.2, 0.25) is 0 Å². The number of alkyl halides is 1. The first-order valence-corrected chi connectivity index (χ1v) is 34.7. The predicted octanol–water partition coefficient (Wildman–Crippen LogP) is 11.1. The number of ether oxygens (including phenoxy) is 15. The monoisotopic (exact) mass is 1450 g/mol. The number of imide groups is 2. The standard InChI is InChI=1S/C78H71ClN6O20/c1-91-51-35-37-52(38-36-51)93-43-58-62(65(94-40-47-23-9-3-10-24-47)60(69(97-58)82-83-80)84-70(86)53-31-17-18-32-54(53)71(84)87)101-75-61(85-72(88)55-33-19-20-34-56(55)73(85)89)66(95-41-48-25-11-4-12-26-48)64(57(98-75)42-92-39-46-21-7-2-8-22-46)103-78(45-79)104-68-67(102-77(90)81-50-29-15-6-16-30-50)63-59(99-76(68)105-78)44-96-74(100-63)49-27-13-5-14-28-49/h2-38,57-69,74-76H,39-45H2,1H3,(H,81,90)/t57-,58-,59-,60-,61-,62-,63-,64-,65-,66-,67+,68-,69-,74-,75+,76-,78?/m1/s1. The molecule has 5 fully saturated rings. The van der Waals surface area contributed by atoms with E-state index < -0.39 is 146 Å². The van der Waals surface area contributed by atoms with Crippen LogP contribution in [0, 0.1) is 0 Å². The van der Waals surface area contributed by atoms with Crippen LogP contribution in [0.3, 0.4) is 0 Å². The normalized spacial score (nSPS) is 28.9. The summed E-state index contributed by atoms with van der Waals surface area (Å²) in [6, 6.07) is 61.0. The zero-order valence-electron chi connectivity index (χ0n) is 56.3. The third-order valence-corrected chi connectivity index (χ3v) is 19.4. The zero-order chi connectivity index (χ0) is 72.0. The van der Waals surface area contributed by atoms with Crippen LogP contribution in [-0.4, -0.2) is 170 Å². The van der Waals surface area contributed by atoms with Crippen LogP contribution in [0.4, 0.5) is 10.5 Å². The number of azide groups is 1. The molecule has 0 saturated carbocycles. The van der Waals surface area contributed by atoms with Gasteiger partial charge in [-0.2, -0.15) is 0 Å². The average molecular weight is 1450 g/mol. The molecule has 7 aliphatic heterocycles. The van der Waals surface area contributed by atoms with E-state index in [4.69, 9.17) is 82.7 Å². The molecule has 8 aromatic rings. The molecular weight excluding hydrogens is 1380 g/mol. The van der Waals surface area contributed by atoms with E-state index in [0.29, 0.717) is 33.9 Å². The number of benzene rings is 8. The smallest absolute Gasteiger partial charge is 0.412 e. The maximum atomic E-state index is 15.7. The van der Waals surface area contributed by atoms with Gasteiger partial charge < -0.3 is 66.3 Å². The minimum absolute atomic E-state index is 0.000239. The van der Waals surface area contributed by atoms with E-state index in [1.54, 1.807) is 103 Å². The summed E-state index contributed by atoms with van der Waals surface area (Å²) in [7, 11) is 1.52. The molecule has 105 heavy (non-hydrogen) atoms. The zero-order valence-corrected chi connectivity index (χ0v) is 57.1. The highest BCUT2D eigenvalue weighted by Crippen LogP contribution is 2.47. The number of carbonyl (C=O) groups is 5. The number of fused-ring (bicyclic) bond motifs is 4. The molecule has 0 spiro atoms. The van der Waals surface area contributed by atoms with Crippen molar-refractivity contribution in [1.82, 2.24) is 9.80 Å². The van der Waals surface area contributed by atoms with Crippen LogP contribution in [0.5, 0.6) is 11.5 Å². The van der Waals surface area contributed by atoms with Gasteiger partial charge in [-0.05, 0) is 82.9 Å². The summed E-state index contributed by atoms with van der Waals surface area (Å²) < 4.78 is 102. The summed E-state index contributed by atoms with van der Waals surface area (Å²) in [6.07, 6.45) is -20.8. The number of para-hydroxylation sites is 1. The molecule has 26 nitrogen and oxygen atoms in total. The van der Waals surface area contributed by atoms with Gasteiger partial charge in [0.2, 0.25) is 0 Å². The summed E-state index contributed by atoms with van der Waals surface area (Å²) in [6.45, 7) is -1.28. The molecule has 540 valence electrons. The van der Waals surface area contributed by atoms with Crippen LogP contribution in [-0.2, 0) is 81.4 Å². The fourth-order valence-electron chi connectivity index (χ4n) is 14.2. The molecule has 0 aromatic heterocycles. The first kappa shape index (κ1) is 70.7. The van der Waals surface area contributed by atoms with Gasteiger partial charge in [-0.1, -0.05) is 169 Å². The Balaban J connectivity index is 0.866. The van der Waals surface area contributed by atoms with Crippen molar-refractivity contribution in [2.75, 3.05) is 38.1 Å². The van der Waals surface area contributed by atoms with E-state index in [-0.39, 0.29) is 55.3 Å². The molecular formula is C78H71ClN6O20. The highest BCUT2D eigenvalue weighted by atomic mass is 35.5. The Morgan fingerprint density at radius 2 is 1.08 bits per heavy atom. The first-order chi connectivity index (χ1) is 51.4. The summed E-state index contributed by atoms with van der Waals surface area (Å²) in [4.78, 5) is 80.9. The van der Waals surface area contributed by atoms with Gasteiger partial charge in [-0.15, -0.1) is 11.6 Å². The summed E-state index contributed by atoms with van der Waals surface area (Å²) in [5, 5.41) is 6.91. The second-order valence-electron chi connectivity index (χ2n) is 25.6. The van der Waals surface area contributed by atoms with Crippen LogP contribution in [0.1, 0.15) is 70.0 Å². The molecule has 5 saturated heterocycles. The lowest BCUT2D eigenvalue weighted by Gasteiger charge is -2.52. The largest absolute Gasteiger partial charge is 0.497 e. The Hall–Kier alpha value is -9.97. The Morgan fingerprint density at radius 1 is 0.562 bits per heavy atom. The fraction of sp³-hybridized carbons (Fsp3) is 0.321. The molecule has 7 heterocycles. The number of halogens is 1. The molecule has 1 unspecified atom stereocenters. The van der Waals surface area contributed by atoms with Crippen LogP contribution >= 0.6 is 11.6 Å². The number of nitrogens with zero attached hydrogens (tertiary/aromatic N) is 5. The van der Waals surface area contributed by atoms with Crippen LogP contribution in [0.15, 0.2) is 230 Å². The van der Waals surface area contributed by atoms with Crippen molar-refractivity contribution < 1.29 is 95.0 Å². The predicted molar refractivity (Wildman–Crippen MR) is 371 cm³/mol. The van der Waals surface area contributed by atoms with Crippen molar-refractivity contribution in [3.05, 3.63) is 279 Å². The van der Waals surface area contributed by atoms with Crippen LogP contribution < -0.4 is 14.8 Å². The van der Waals surface area contributed by atoms with Crippen molar-refractivity contribution in [3.63, 3.8) is 0 Å². The number of methoxy groups -OCH3 is 1. The Kier molecular flexibility index (Phi) is 21.4. The number of carbonyl (C=O) groups excluding carboxylic acids is 5. The minimum atomic E-state index is -2.42. The molecule has 8 aromatic carbocycles. The third kappa shape index (κ3) is 14.9. The molecule has 5 amide bonds. The number of hydrogen-bond donors (Lipinski definition) is 1. The molecule has 7 aliphatic rings. The van der Waals surface area contributed by atoms with Crippen molar-refractivity contribution >= 4 is 47.0 Å². The second kappa shape index (κ2) is 31.8. The number of amides is 5. The van der Waals surface area contributed by atoms with Gasteiger partial charge in [0, 0.05) is 16.2 Å². The maximum absolute atomic E-state index is 15.7. The van der Waals surface area contributed by atoms with E-state index in [1.165, 1.54) is 31.4 Å². The first-order valence-electron chi connectivity index (χ1n) is 34.2. The van der Waals surface area contributed by atoms with Crippen molar-refractivity contribution in [2.24, 2.45) is 5.11 Å². The van der Waals surface area contributed by atoms with Gasteiger partial charge in [0.1, 0.15) is 84.9 Å². The lowest BCUT2D eigenvalue weighted by Crippen LogP contribution is -2.71. The number of rotatable bonds is 25. The van der Waals surface area contributed by atoms with E-state index in [1.807, 2.05) is 97.1 Å². The number of nitrogens with one attached hydrogen (secondary N) is 1. The molecule has 0 radical (unpaired) electrons. The number of anilines is 1. The van der Waals surface area contributed by atoms with Gasteiger partial charge in [-0.25, -0.2) is 4.79 Å². The van der Waals surface area contributed by atoms with Crippen LogP contribution in [0.25, 0.3) is 10.4 Å². The lowest BCUT2D eigenvalue weighted by molar-refractivity contribution is -0.401. The molecule has 0 bridgehead atoms. The molecule has 17 atom stereocenters. The number of hydrogen-bond acceptors (Lipinski definition) is 21. The van der Waals surface area contributed by atoms with E-state index in [9.17, 15) is 10.3 Å². The summed E-state index contributed by atoms with van der Waals surface area (Å²) in [5.41, 5.74) is 13.8. The highest BCUT2D eigenvalue weighted by Gasteiger charge is 2.66. The van der Waals surface area contributed by atoms with Gasteiger partial charge in [0.25, 0.3) is 23.6 Å². The van der Waals surface area contributed by atoms with Gasteiger partial charge >= 0.3 is 12.1 Å². The maximum Gasteiger partial charge on any atom is 0.412 e. The topological polar surface area (TPSA) is 291 Å². The van der Waals surface area contributed by atoms with Gasteiger partial charge in [0.15, 0.2) is 37.3 Å².